The maximum absolute atomic E-state index is 5.34. The van der Waals surface area contributed by atoms with Crippen LogP contribution in [0.15, 0.2) is 30.3 Å². The molecule has 1 heterocycles. The molecule has 2 rings (SSSR count). The topological polar surface area (TPSA) is 9.23 Å². The van der Waals surface area contributed by atoms with Crippen LogP contribution in [0.5, 0.6) is 5.75 Å². The number of fused-ring (bicyclic) bond motifs is 1. The third-order valence-electron chi connectivity index (χ3n) is 1.55. The summed E-state index contributed by atoms with van der Waals surface area (Å²) >= 11 is 0. The summed E-state index contributed by atoms with van der Waals surface area (Å²) in [6.07, 6.45) is 4.10. The van der Waals surface area contributed by atoms with Gasteiger partial charge in [-0.05, 0) is 12.1 Å². The summed E-state index contributed by atoms with van der Waals surface area (Å²) in [5.41, 5.74) is 1.17. The van der Waals surface area contributed by atoms with Crippen LogP contribution in [0.4, 0.5) is 0 Å². The predicted octanol–water partition coefficient (Wildman–Crippen LogP) is 1.17. The summed E-state index contributed by atoms with van der Waals surface area (Å²) < 4.78 is 5.34. The molecule has 0 saturated heterocycles. The van der Waals surface area contributed by atoms with Crippen LogP contribution in [0, 0.1) is 0 Å². The van der Waals surface area contributed by atoms with Crippen LogP contribution in [0.1, 0.15) is 5.56 Å². The van der Waals surface area contributed by atoms with Gasteiger partial charge >= 0.3 is 37.7 Å². The molecule has 0 saturated carbocycles. The number of hydrogen-bond donors (Lipinski definition) is 0. The molecule has 1 aliphatic heterocycles. The molecular weight excluding hydrogens is 260 g/mol. The SMILES string of the molecule is C1=Cc2ccccc2OC1.[CaH2].[Mo]. The van der Waals surface area contributed by atoms with Crippen molar-refractivity contribution in [1.29, 1.82) is 0 Å². The molecule has 3 heteroatoms. The minimum absolute atomic E-state index is 0. The van der Waals surface area contributed by atoms with Crippen molar-refractivity contribution in [3.63, 3.8) is 0 Å². The maximum Gasteiger partial charge on any atom is 0 e. The zero-order chi connectivity index (χ0) is 6.81. The van der Waals surface area contributed by atoms with Gasteiger partial charge in [0.1, 0.15) is 12.4 Å². The second-order valence-corrected chi connectivity index (χ2v) is 2.25. The molecule has 0 amide bonds. The van der Waals surface area contributed by atoms with Crippen molar-refractivity contribution in [2.45, 2.75) is 0 Å². The van der Waals surface area contributed by atoms with Crippen molar-refractivity contribution >= 4 is 43.8 Å². The summed E-state index contributed by atoms with van der Waals surface area (Å²) in [6, 6.07) is 8.03. The van der Waals surface area contributed by atoms with Gasteiger partial charge in [0, 0.05) is 26.6 Å². The molecule has 0 atom stereocenters. The van der Waals surface area contributed by atoms with E-state index in [4.69, 9.17) is 4.74 Å². The average Bonchev–Trinajstić information content (AvgIpc) is 2.05. The first-order valence-corrected chi connectivity index (χ1v) is 3.35. The van der Waals surface area contributed by atoms with Crippen molar-refractivity contribution in [2.24, 2.45) is 0 Å². The Balaban J connectivity index is 0.000000605. The van der Waals surface area contributed by atoms with Gasteiger partial charge in [-0.15, -0.1) is 0 Å². The van der Waals surface area contributed by atoms with E-state index in [9.17, 15) is 0 Å². The second kappa shape index (κ2) is 6.21. The van der Waals surface area contributed by atoms with Crippen molar-refractivity contribution < 1.29 is 25.8 Å². The number of benzene rings is 1. The van der Waals surface area contributed by atoms with Crippen LogP contribution in [-0.4, -0.2) is 44.3 Å². The van der Waals surface area contributed by atoms with Crippen molar-refractivity contribution in [1.82, 2.24) is 0 Å². The van der Waals surface area contributed by atoms with Gasteiger partial charge in [0.25, 0.3) is 0 Å². The van der Waals surface area contributed by atoms with Crippen molar-refractivity contribution in [3.8, 4) is 5.75 Å². The Morgan fingerprint density at radius 2 is 1.92 bits per heavy atom. The van der Waals surface area contributed by atoms with Gasteiger partial charge in [0.15, 0.2) is 0 Å². The molecule has 0 unspecified atom stereocenters. The van der Waals surface area contributed by atoms with E-state index in [1.54, 1.807) is 0 Å². The van der Waals surface area contributed by atoms with E-state index in [1.807, 2.05) is 30.3 Å². The third-order valence-corrected chi connectivity index (χ3v) is 1.55. The van der Waals surface area contributed by atoms with E-state index in [1.165, 1.54) is 5.56 Å². The fourth-order valence-corrected chi connectivity index (χ4v) is 1.06. The van der Waals surface area contributed by atoms with Crippen LogP contribution >= 0.6 is 0 Å². The Labute approximate surface area is 116 Å². The summed E-state index contributed by atoms with van der Waals surface area (Å²) in [5.74, 6) is 0.991. The smallest absolute Gasteiger partial charge is 0 e. The van der Waals surface area contributed by atoms with Gasteiger partial charge in [-0.1, -0.05) is 24.3 Å². The first kappa shape index (κ1) is 12.7. The molecule has 0 aliphatic carbocycles. The molecule has 0 radical (unpaired) electrons. The fraction of sp³-hybridized carbons (Fsp3) is 0.111. The van der Waals surface area contributed by atoms with Gasteiger partial charge < -0.3 is 4.74 Å². The Kier molecular flexibility index (Phi) is 6.57. The van der Waals surface area contributed by atoms with E-state index in [-0.39, 0.29) is 58.8 Å². The molecule has 12 heavy (non-hydrogen) atoms. The number of para-hydroxylation sites is 1. The largest absolute Gasteiger partial charge is 0 e. The molecule has 0 N–H and O–H groups in total. The first-order valence-electron chi connectivity index (χ1n) is 3.35. The molecule has 0 bridgehead atoms. The zero-order valence-corrected chi connectivity index (χ0v) is 7.99. The zero-order valence-electron chi connectivity index (χ0n) is 5.99. The Morgan fingerprint density at radius 3 is 2.67 bits per heavy atom. The van der Waals surface area contributed by atoms with Crippen molar-refractivity contribution in [2.75, 3.05) is 6.61 Å². The van der Waals surface area contributed by atoms with Gasteiger partial charge in [-0.2, -0.15) is 0 Å². The summed E-state index contributed by atoms with van der Waals surface area (Å²) in [7, 11) is 0. The number of ether oxygens (including phenoxy) is 1. The van der Waals surface area contributed by atoms with E-state index in [0.717, 1.165) is 5.75 Å². The van der Waals surface area contributed by atoms with Crippen LogP contribution in [0.2, 0.25) is 0 Å². The van der Waals surface area contributed by atoms with E-state index in [0.29, 0.717) is 6.61 Å². The Bertz CT molecular complexity index is 273. The molecule has 1 aliphatic rings. The molecule has 1 aromatic rings. The molecule has 60 valence electrons. The molecule has 1 aromatic carbocycles. The average molecular weight is 270 g/mol. The Hall–Kier alpha value is 0.708. The first-order chi connectivity index (χ1) is 4.97. The summed E-state index contributed by atoms with van der Waals surface area (Å²) in [6.45, 7) is 0.705. The Morgan fingerprint density at radius 1 is 1.17 bits per heavy atom. The predicted molar refractivity (Wildman–Crippen MR) is 49.5 cm³/mol. The molecule has 0 aromatic heterocycles. The minimum atomic E-state index is 0. The van der Waals surface area contributed by atoms with E-state index < -0.39 is 0 Å². The number of hydrogen-bond acceptors (Lipinski definition) is 1. The molecule has 0 spiro atoms. The van der Waals surface area contributed by atoms with Crippen molar-refractivity contribution in [3.05, 3.63) is 35.9 Å². The van der Waals surface area contributed by atoms with Crippen LogP contribution in [0.25, 0.3) is 6.08 Å². The summed E-state index contributed by atoms with van der Waals surface area (Å²) in [4.78, 5) is 0. The van der Waals surface area contributed by atoms with Crippen LogP contribution in [0.3, 0.4) is 0 Å². The second-order valence-electron chi connectivity index (χ2n) is 2.25. The van der Waals surface area contributed by atoms with E-state index >= 15 is 0 Å². The van der Waals surface area contributed by atoms with E-state index in [2.05, 4.69) is 6.08 Å². The quantitative estimate of drug-likeness (QED) is 0.643. The van der Waals surface area contributed by atoms with Crippen LogP contribution < -0.4 is 4.74 Å². The fourth-order valence-electron chi connectivity index (χ4n) is 1.06. The molecule has 0 fully saturated rings. The van der Waals surface area contributed by atoms with Crippen LogP contribution in [-0.2, 0) is 21.1 Å². The molecular formula is C9H10CaMoO. The number of rotatable bonds is 0. The standard InChI is InChI=1S/C9H8O.Ca.Mo.2H/c1-2-6-9-8(4-1)5-3-7-10-9;;;;/h1-6H,7H2;;;;. The van der Waals surface area contributed by atoms with Gasteiger partial charge in [-0.25, -0.2) is 0 Å². The summed E-state index contributed by atoms with van der Waals surface area (Å²) in [5, 5.41) is 0. The van der Waals surface area contributed by atoms with Gasteiger partial charge in [0.05, 0.1) is 0 Å². The third kappa shape index (κ3) is 2.88. The maximum atomic E-state index is 5.34. The molecule has 1 nitrogen and oxygen atoms in total. The minimum Gasteiger partial charge on any atom is 0 e. The normalized spacial score (nSPS) is 11.7. The van der Waals surface area contributed by atoms with Gasteiger partial charge in [0.2, 0.25) is 0 Å². The monoisotopic (exact) mass is 272 g/mol. The van der Waals surface area contributed by atoms with Gasteiger partial charge in [-0.3, -0.25) is 0 Å².